The molecule has 166 valence electrons. The van der Waals surface area contributed by atoms with Crippen LogP contribution < -0.4 is 10.6 Å². The number of halogens is 2. The number of hydrogen-bond donors (Lipinski definition) is 2. The number of aromatic nitrogens is 2. The summed E-state index contributed by atoms with van der Waals surface area (Å²) in [7, 11) is 0.793. The summed E-state index contributed by atoms with van der Waals surface area (Å²) >= 11 is 6.03. The molecule has 0 fully saturated rings. The lowest BCUT2D eigenvalue weighted by atomic mass is 10.1. The standard InChI is InChI=1S/C22H26ClN5OS.HI/c1-24-22(25-13-15-30(29)17-18-6-3-2-4-7-18)26-16-21(28-14-5-12-27-28)19-8-10-20(23)11-9-19;/h2-12,14,21H,13,15-17H2,1H3,(H2,24,25,26);1H. The summed E-state index contributed by atoms with van der Waals surface area (Å²) in [5, 5.41) is 11.7. The molecule has 31 heavy (non-hydrogen) atoms. The minimum atomic E-state index is -0.930. The van der Waals surface area contributed by atoms with Crippen molar-refractivity contribution < 1.29 is 4.21 Å². The fourth-order valence-electron chi connectivity index (χ4n) is 3.04. The Labute approximate surface area is 208 Å². The molecule has 3 rings (SSSR count). The highest BCUT2D eigenvalue weighted by Crippen LogP contribution is 2.19. The van der Waals surface area contributed by atoms with Crippen molar-refractivity contribution in [2.24, 2.45) is 4.99 Å². The van der Waals surface area contributed by atoms with E-state index < -0.39 is 10.8 Å². The first-order valence-corrected chi connectivity index (χ1v) is 11.6. The Morgan fingerprint density at radius 2 is 1.87 bits per heavy atom. The van der Waals surface area contributed by atoms with Gasteiger partial charge >= 0.3 is 0 Å². The second kappa shape index (κ2) is 13.5. The highest BCUT2D eigenvalue weighted by molar-refractivity contribution is 14.0. The number of hydrogen-bond acceptors (Lipinski definition) is 3. The van der Waals surface area contributed by atoms with Crippen LogP contribution in [0.25, 0.3) is 0 Å². The van der Waals surface area contributed by atoms with Crippen LogP contribution in [0.15, 0.2) is 78.0 Å². The summed E-state index contributed by atoms with van der Waals surface area (Å²) < 4.78 is 14.2. The molecule has 0 radical (unpaired) electrons. The van der Waals surface area contributed by atoms with E-state index >= 15 is 0 Å². The third kappa shape index (κ3) is 8.27. The molecule has 0 amide bonds. The molecule has 0 saturated heterocycles. The van der Waals surface area contributed by atoms with E-state index in [1.165, 1.54) is 0 Å². The van der Waals surface area contributed by atoms with Crippen molar-refractivity contribution in [2.45, 2.75) is 11.8 Å². The SMILES string of the molecule is CN=C(NCCS(=O)Cc1ccccc1)NCC(c1ccc(Cl)cc1)n1cccn1.I. The van der Waals surface area contributed by atoms with Crippen molar-refractivity contribution >= 4 is 52.3 Å². The zero-order chi connectivity index (χ0) is 21.2. The molecule has 0 aliphatic carbocycles. The van der Waals surface area contributed by atoms with E-state index in [1.807, 2.05) is 71.5 Å². The summed E-state index contributed by atoms with van der Waals surface area (Å²) in [6.45, 7) is 1.17. The first-order chi connectivity index (χ1) is 14.7. The Morgan fingerprint density at radius 3 is 2.52 bits per heavy atom. The molecule has 6 nitrogen and oxygen atoms in total. The van der Waals surface area contributed by atoms with E-state index in [9.17, 15) is 4.21 Å². The Morgan fingerprint density at radius 1 is 1.13 bits per heavy atom. The lowest BCUT2D eigenvalue weighted by Crippen LogP contribution is -2.41. The van der Waals surface area contributed by atoms with Gasteiger partial charge in [0.25, 0.3) is 0 Å². The van der Waals surface area contributed by atoms with E-state index in [0.717, 1.165) is 11.1 Å². The number of nitrogens with zero attached hydrogens (tertiary/aromatic N) is 3. The van der Waals surface area contributed by atoms with E-state index in [4.69, 9.17) is 11.6 Å². The summed E-state index contributed by atoms with van der Waals surface area (Å²) in [4.78, 5) is 4.27. The maximum Gasteiger partial charge on any atom is 0.191 e. The normalized spacial score (nSPS) is 13.2. The Balaban J connectivity index is 0.00000341. The number of guanidine groups is 1. The van der Waals surface area contributed by atoms with Crippen molar-refractivity contribution in [1.29, 1.82) is 0 Å². The van der Waals surface area contributed by atoms with Crippen molar-refractivity contribution in [1.82, 2.24) is 20.4 Å². The Bertz CT molecular complexity index is 952. The van der Waals surface area contributed by atoms with Crippen LogP contribution in [0.2, 0.25) is 5.02 Å². The van der Waals surface area contributed by atoms with Crippen LogP contribution >= 0.6 is 35.6 Å². The summed E-state index contributed by atoms with van der Waals surface area (Å²) in [5.41, 5.74) is 2.18. The van der Waals surface area contributed by atoms with Gasteiger partial charge in [-0.2, -0.15) is 5.10 Å². The van der Waals surface area contributed by atoms with Crippen molar-refractivity contribution in [2.75, 3.05) is 25.9 Å². The van der Waals surface area contributed by atoms with E-state index in [-0.39, 0.29) is 30.0 Å². The van der Waals surface area contributed by atoms with E-state index in [0.29, 0.717) is 35.6 Å². The Kier molecular flexibility index (Phi) is 11.0. The molecule has 3 aromatic rings. The van der Waals surface area contributed by atoms with Gasteiger partial charge in [0.1, 0.15) is 0 Å². The first kappa shape index (κ1) is 25.4. The molecular weight excluding hydrogens is 545 g/mol. The lowest BCUT2D eigenvalue weighted by Gasteiger charge is -2.20. The summed E-state index contributed by atoms with van der Waals surface area (Å²) in [6.07, 6.45) is 3.70. The average Bonchev–Trinajstić information content (AvgIpc) is 3.29. The van der Waals surface area contributed by atoms with Gasteiger partial charge < -0.3 is 10.6 Å². The zero-order valence-electron chi connectivity index (χ0n) is 17.3. The molecular formula is C22H27ClIN5OS. The van der Waals surface area contributed by atoms with Crippen molar-refractivity contribution in [3.05, 3.63) is 89.2 Å². The van der Waals surface area contributed by atoms with E-state index in [2.05, 4.69) is 20.7 Å². The molecule has 2 atom stereocenters. The van der Waals surface area contributed by atoms with Gasteiger partial charge in [-0.15, -0.1) is 24.0 Å². The predicted octanol–water partition coefficient (Wildman–Crippen LogP) is 3.86. The highest BCUT2D eigenvalue weighted by atomic mass is 127. The molecule has 0 spiro atoms. The molecule has 9 heteroatoms. The molecule has 1 aromatic heterocycles. The van der Waals surface area contributed by atoms with Crippen molar-refractivity contribution in [3.8, 4) is 0 Å². The van der Waals surface area contributed by atoms with Gasteiger partial charge in [-0.25, -0.2) is 0 Å². The molecule has 2 N–H and O–H groups in total. The minimum Gasteiger partial charge on any atom is -0.355 e. The van der Waals surface area contributed by atoms with Crippen LogP contribution in [-0.4, -0.2) is 45.8 Å². The van der Waals surface area contributed by atoms with Crippen LogP contribution in [0.3, 0.4) is 0 Å². The maximum absolute atomic E-state index is 12.3. The monoisotopic (exact) mass is 571 g/mol. The zero-order valence-corrected chi connectivity index (χ0v) is 21.2. The van der Waals surface area contributed by atoms with Crippen LogP contribution in [0.5, 0.6) is 0 Å². The van der Waals surface area contributed by atoms with Gasteiger partial charge in [0.05, 0.1) is 6.04 Å². The smallest absolute Gasteiger partial charge is 0.191 e. The van der Waals surface area contributed by atoms with Gasteiger partial charge in [-0.05, 0) is 29.3 Å². The average molecular weight is 572 g/mol. The lowest BCUT2D eigenvalue weighted by molar-refractivity contribution is 0.511. The third-order valence-electron chi connectivity index (χ3n) is 4.58. The van der Waals surface area contributed by atoms with Gasteiger partial charge in [0.2, 0.25) is 0 Å². The minimum absolute atomic E-state index is 0. The fourth-order valence-corrected chi connectivity index (χ4v) is 4.21. The largest absolute Gasteiger partial charge is 0.355 e. The van der Waals surface area contributed by atoms with Gasteiger partial charge in [-0.1, -0.05) is 54.1 Å². The maximum atomic E-state index is 12.3. The van der Waals surface area contributed by atoms with Crippen LogP contribution in [0, 0.1) is 0 Å². The fraction of sp³-hybridized carbons (Fsp3) is 0.273. The van der Waals surface area contributed by atoms with Gasteiger partial charge in [0.15, 0.2) is 5.96 Å². The van der Waals surface area contributed by atoms with Crippen LogP contribution in [-0.2, 0) is 16.6 Å². The van der Waals surface area contributed by atoms with E-state index in [1.54, 1.807) is 13.2 Å². The van der Waals surface area contributed by atoms with Crippen LogP contribution in [0.4, 0.5) is 0 Å². The molecule has 0 saturated carbocycles. The quantitative estimate of drug-likeness (QED) is 0.233. The number of rotatable bonds is 9. The third-order valence-corrected chi connectivity index (χ3v) is 6.14. The van der Waals surface area contributed by atoms with Crippen LogP contribution in [0.1, 0.15) is 17.2 Å². The highest BCUT2D eigenvalue weighted by Gasteiger charge is 2.15. The molecule has 1 heterocycles. The molecule has 2 aromatic carbocycles. The molecule has 2 unspecified atom stereocenters. The first-order valence-electron chi connectivity index (χ1n) is 9.73. The van der Waals surface area contributed by atoms with Gasteiger partial charge in [0, 0.05) is 59.9 Å². The number of nitrogens with one attached hydrogen (secondary N) is 2. The molecule has 0 aliphatic rings. The number of benzene rings is 2. The van der Waals surface area contributed by atoms with Crippen molar-refractivity contribution in [3.63, 3.8) is 0 Å². The Hall–Kier alpha value is -1.91. The predicted molar refractivity (Wildman–Crippen MR) is 140 cm³/mol. The topological polar surface area (TPSA) is 71.3 Å². The van der Waals surface area contributed by atoms with Gasteiger partial charge in [-0.3, -0.25) is 13.9 Å². The summed E-state index contributed by atoms with van der Waals surface area (Å²) in [6, 6.07) is 19.5. The molecule has 0 aliphatic heterocycles. The second-order valence-electron chi connectivity index (χ2n) is 6.71. The summed E-state index contributed by atoms with van der Waals surface area (Å²) in [5.74, 6) is 1.78. The number of aliphatic imine (C=N–C) groups is 1. The second-order valence-corrected chi connectivity index (χ2v) is 8.72. The molecule has 0 bridgehead atoms.